The van der Waals surface area contributed by atoms with Crippen LogP contribution in [0.3, 0.4) is 0 Å². The molecule has 1 heterocycles. The normalized spacial score (nSPS) is 16.8. The molecule has 1 aliphatic rings. The Bertz CT molecular complexity index is 2270. The molecule has 0 spiro atoms. The summed E-state index contributed by atoms with van der Waals surface area (Å²) in [5.74, 6) is -3.02. The molecule has 1 aliphatic heterocycles. The Kier molecular flexibility index (Phi) is 48.3. The van der Waals surface area contributed by atoms with E-state index in [1.807, 2.05) is 0 Å². The minimum absolute atomic E-state index is 0.0109. The molecule has 0 radical (unpaired) electrons. The van der Waals surface area contributed by atoms with Crippen molar-refractivity contribution in [2.45, 2.75) is 62.4 Å². The van der Waals surface area contributed by atoms with Gasteiger partial charge in [0, 0.05) is 65.5 Å². The topological polar surface area (TPSA) is 492 Å². The van der Waals surface area contributed by atoms with Gasteiger partial charge in [-0.3, -0.25) is 49.0 Å². The monoisotopic (exact) mass is 1360 g/mol. The summed E-state index contributed by atoms with van der Waals surface area (Å²) < 4.78 is 82.6. The zero-order chi connectivity index (χ0) is 68.9. The molecule has 2 rings (SSSR count). The molecule has 1 aromatic rings. The molecule has 6 atom stereocenters. The van der Waals surface area contributed by atoms with Crippen molar-refractivity contribution < 1.29 is 130 Å². The number of rotatable bonds is 61. The largest absolute Gasteiger partial charge is 0.394 e. The average Bonchev–Trinajstić information content (AvgIpc) is 0.824. The number of non-ortho nitro benzene ring substituents is 1. The predicted molar refractivity (Wildman–Crippen MR) is 325 cm³/mol. The SMILES string of the molecule is COCCOCCOCCNC(=O)CCOCC(COCCC(=O)NCCOCCOCCO)(COCCC(=O)NCCOCCOCCO[C@@H]1O[C@H](CO)[C@H](O)[C@H](O)[C@H]1NC(C)=O)NC(=O)CNC(=O)COCCOCCOCCNc1ccc([N+](=O)[O-])cc1[N+](=O)[O-]. The first-order valence-corrected chi connectivity index (χ1v) is 30.5. The first-order chi connectivity index (χ1) is 45.4. The highest BCUT2D eigenvalue weighted by atomic mass is 16.7. The van der Waals surface area contributed by atoms with Crippen molar-refractivity contribution >= 4 is 52.5 Å². The Morgan fingerprint density at radius 1 is 0.532 bits per heavy atom. The van der Waals surface area contributed by atoms with Crippen LogP contribution in [0.1, 0.15) is 26.2 Å². The number of methoxy groups -OCH3 is 1. The number of carbonyl (C=O) groups is 6. The number of hydrogen-bond acceptors (Lipinski definition) is 30. The van der Waals surface area contributed by atoms with Gasteiger partial charge in [-0.15, -0.1) is 0 Å². The van der Waals surface area contributed by atoms with Crippen molar-refractivity contribution in [2.75, 3.05) is 230 Å². The van der Waals surface area contributed by atoms with Gasteiger partial charge >= 0.3 is 0 Å². The van der Waals surface area contributed by atoms with Gasteiger partial charge in [-0.2, -0.15) is 0 Å². The van der Waals surface area contributed by atoms with E-state index in [4.69, 9.17) is 76.2 Å². The van der Waals surface area contributed by atoms with Crippen molar-refractivity contribution in [3.05, 3.63) is 38.4 Å². The van der Waals surface area contributed by atoms with Crippen molar-refractivity contribution in [2.24, 2.45) is 0 Å². The number of nitrogens with one attached hydrogen (secondary N) is 7. The lowest BCUT2D eigenvalue weighted by atomic mass is 9.97. The summed E-state index contributed by atoms with van der Waals surface area (Å²) in [6.07, 6.45) is -5.57. The van der Waals surface area contributed by atoms with E-state index >= 15 is 0 Å². The molecule has 0 aromatic heterocycles. The molecule has 1 unspecified atom stereocenters. The van der Waals surface area contributed by atoms with E-state index in [0.29, 0.717) is 26.4 Å². The Morgan fingerprint density at radius 3 is 1.45 bits per heavy atom. The molecule has 1 saturated heterocycles. The third kappa shape index (κ3) is 41.0. The number of ether oxygens (including phenoxy) is 15. The summed E-state index contributed by atoms with van der Waals surface area (Å²) in [5, 5.41) is 80.0. The molecule has 38 nitrogen and oxygen atoms in total. The fraction of sp³-hybridized carbons (Fsp3) is 0.786. The highest BCUT2D eigenvalue weighted by Gasteiger charge is 2.45. The minimum Gasteiger partial charge on any atom is -0.394 e. The van der Waals surface area contributed by atoms with Crippen LogP contribution in [0.15, 0.2) is 18.2 Å². The van der Waals surface area contributed by atoms with Crippen LogP contribution >= 0.6 is 0 Å². The van der Waals surface area contributed by atoms with Gasteiger partial charge in [0.2, 0.25) is 35.4 Å². The highest BCUT2D eigenvalue weighted by molar-refractivity contribution is 5.85. The third-order valence-electron chi connectivity index (χ3n) is 12.6. The summed E-state index contributed by atoms with van der Waals surface area (Å²) in [7, 11) is 1.56. The molecular formula is C56H97N9O29. The van der Waals surface area contributed by atoms with Gasteiger partial charge in [-0.25, -0.2) is 0 Å². The van der Waals surface area contributed by atoms with Gasteiger partial charge in [-0.1, -0.05) is 0 Å². The van der Waals surface area contributed by atoms with Crippen LogP contribution in [-0.4, -0.2) is 327 Å². The lowest BCUT2D eigenvalue weighted by Gasteiger charge is -2.42. The number of aliphatic hydroxyl groups is 4. The Hall–Kier alpha value is -6.12. The van der Waals surface area contributed by atoms with Crippen LogP contribution in [0.2, 0.25) is 0 Å². The number of nitro groups is 2. The number of aliphatic hydroxyl groups excluding tert-OH is 4. The summed E-state index contributed by atoms with van der Waals surface area (Å²) in [5.41, 5.74) is -2.32. The van der Waals surface area contributed by atoms with E-state index in [1.54, 1.807) is 7.11 Å². The number of nitrogens with zero attached hydrogens (tertiary/aromatic N) is 2. The van der Waals surface area contributed by atoms with Crippen LogP contribution in [0.25, 0.3) is 0 Å². The quantitative estimate of drug-likeness (QED) is 0.0166. The molecule has 94 heavy (non-hydrogen) atoms. The molecule has 0 aliphatic carbocycles. The number of carbonyl (C=O) groups excluding carboxylic acids is 6. The zero-order valence-corrected chi connectivity index (χ0v) is 53.5. The van der Waals surface area contributed by atoms with Crippen LogP contribution in [0.4, 0.5) is 17.1 Å². The molecular weight excluding hydrogens is 1260 g/mol. The van der Waals surface area contributed by atoms with Crippen LogP contribution < -0.4 is 37.2 Å². The number of hydrogen-bond donors (Lipinski definition) is 11. The van der Waals surface area contributed by atoms with Crippen LogP contribution in [-0.2, 0) is 99.8 Å². The standard InChI is InChI=1S/C56H97N9O29/c1-42(68)62-52-54(75)53(74)46(37-67)94-55(52)93-34-33-88-30-26-84-19-11-60-49(71)7-15-92-41-56(39-90-13-5-47(69)58-9-17-82-23-27-85-20-12-66,40-91-14-6-48(70)59-10-18-83-24-28-86-22-21-80-2)63-50(72)36-61-51(73)38-89-32-31-87-29-25-81-16-8-57-44-4-3-43(64(76)77)35-45(44)65(78)79/h3-4,35,46,52-55,57,66-67,74-75H,5-34,36-41H2,1-2H3,(H,58,69)(H,59,70)(H,60,71)(H,61,73)(H,62,68)(H,63,72)/t46-,52-,53+,54-,55-,56?/m1/s1. The fourth-order valence-corrected chi connectivity index (χ4v) is 7.96. The van der Waals surface area contributed by atoms with Crippen molar-refractivity contribution in [1.82, 2.24) is 31.9 Å². The number of anilines is 1. The third-order valence-corrected chi connectivity index (χ3v) is 12.6. The van der Waals surface area contributed by atoms with Crippen molar-refractivity contribution in [1.29, 1.82) is 0 Å². The summed E-state index contributed by atoms with van der Waals surface area (Å²) in [4.78, 5) is 97.2. The molecule has 540 valence electrons. The number of benzene rings is 1. The number of amides is 6. The van der Waals surface area contributed by atoms with E-state index < -0.39 is 101 Å². The second kappa shape index (κ2) is 54.1. The van der Waals surface area contributed by atoms with E-state index in [-0.39, 0.29) is 208 Å². The maximum atomic E-state index is 13.6. The Balaban J connectivity index is 1.95. The van der Waals surface area contributed by atoms with E-state index in [1.165, 1.54) is 13.0 Å². The zero-order valence-electron chi connectivity index (χ0n) is 53.5. The molecule has 0 saturated carbocycles. The van der Waals surface area contributed by atoms with Gasteiger partial charge in [0.1, 0.15) is 42.2 Å². The van der Waals surface area contributed by atoms with Crippen LogP contribution in [0.5, 0.6) is 0 Å². The molecule has 38 heteroatoms. The lowest BCUT2D eigenvalue weighted by Crippen LogP contribution is -2.64. The van der Waals surface area contributed by atoms with Gasteiger partial charge in [-0.05, 0) is 6.07 Å². The Morgan fingerprint density at radius 2 is 0.989 bits per heavy atom. The first kappa shape index (κ1) is 84.0. The lowest BCUT2D eigenvalue weighted by molar-refractivity contribution is -0.393. The van der Waals surface area contributed by atoms with E-state index in [9.17, 15) is 64.3 Å². The molecule has 1 aromatic carbocycles. The molecule has 11 N–H and O–H groups in total. The van der Waals surface area contributed by atoms with Crippen molar-refractivity contribution in [3.63, 3.8) is 0 Å². The van der Waals surface area contributed by atoms with Gasteiger partial charge in [0.25, 0.3) is 11.4 Å². The Labute approximate surface area is 544 Å². The van der Waals surface area contributed by atoms with Crippen molar-refractivity contribution in [3.8, 4) is 0 Å². The summed E-state index contributed by atoms with van der Waals surface area (Å²) in [6.45, 7) is 2.29. The maximum Gasteiger partial charge on any atom is 0.299 e. The molecule has 1 fully saturated rings. The van der Waals surface area contributed by atoms with E-state index in [2.05, 4.69) is 37.2 Å². The number of nitro benzene ring substituents is 2. The van der Waals surface area contributed by atoms with E-state index in [0.717, 1.165) is 12.1 Å². The maximum absolute atomic E-state index is 13.6. The predicted octanol–water partition coefficient (Wildman–Crippen LogP) is -4.80. The average molecular weight is 1360 g/mol. The van der Waals surface area contributed by atoms with Crippen LogP contribution in [0, 0.1) is 20.2 Å². The van der Waals surface area contributed by atoms with Gasteiger partial charge in [0.15, 0.2) is 6.29 Å². The van der Waals surface area contributed by atoms with Gasteiger partial charge < -0.3 is 129 Å². The summed E-state index contributed by atoms with van der Waals surface area (Å²) >= 11 is 0. The van der Waals surface area contributed by atoms with Gasteiger partial charge in [0.05, 0.1) is 201 Å². The molecule has 0 bridgehead atoms. The minimum atomic E-state index is -1.53. The highest BCUT2D eigenvalue weighted by Crippen LogP contribution is 2.29. The molecule has 6 amide bonds. The fourth-order valence-electron chi connectivity index (χ4n) is 7.96. The second-order valence-electron chi connectivity index (χ2n) is 20.2. The smallest absolute Gasteiger partial charge is 0.299 e. The first-order valence-electron chi connectivity index (χ1n) is 30.5. The summed E-state index contributed by atoms with van der Waals surface area (Å²) in [6, 6.07) is 2.14. The second-order valence-corrected chi connectivity index (χ2v) is 20.2.